The van der Waals surface area contributed by atoms with Crippen molar-refractivity contribution in [2.75, 3.05) is 18.2 Å². The zero-order valence-corrected chi connectivity index (χ0v) is 10.7. The average Bonchev–Trinajstić information content (AvgIpc) is 2.35. The molecule has 18 heavy (non-hydrogen) atoms. The molecule has 0 spiro atoms. The summed E-state index contributed by atoms with van der Waals surface area (Å²) in [6, 6.07) is 14.0. The first-order valence-electron chi connectivity index (χ1n) is 5.91. The number of hydrogen-bond acceptors (Lipinski definition) is 3. The van der Waals surface area contributed by atoms with E-state index in [1.165, 1.54) is 5.56 Å². The van der Waals surface area contributed by atoms with Gasteiger partial charge in [-0.3, -0.25) is 0 Å². The normalized spacial score (nSPS) is 10.1. The van der Waals surface area contributed by atoms with Crippen LogP contribution < -0.4 is 15.8 Å². The van der Waals surface area contributed by atoms with Crippen LogP contribution in [0.4, 0.5) is 11.4 Å². The maximum absolute atomic E-state index is 5.81. The molecule has 0 bridgehead atoms. The minimum Gasteiger partial charge on any atom is -0.497 e. The van der Waals surface area contributed by atoms with Crippen LogP contribution in [-0.2, 0) is 6.54 Å². The first-order chi connectivity index (χ1) is 8.67. The number of nitrogen functional groups attached to an aromatic ring is 1. The quantitative estimate of drug-likeness (QED) is 0.809. The van der Waals surface area contributed by atoms with Crippen LogP contribution in [0.25, 0.3) is 0 Å². The molecule has 0 unspecified atom stereocenters. The highest BCUT2D eigenvalue weighted by Gasteiger charge is 1.98. The lowest BCUT2D eigenvalue weighted by molar-refractivity contribution is 0.414. The maximum atomic E-state index is 5.81. The van der Waals surface area contributed by atoms with Crippen molar-refractivity contribution in [3.05, 3.63) is 53.6 Å². The van der Waals surface area contributed by atoms with E-state index < -0.39 is 0 Å². The third kappa shape index (κ3) is 3.17. The summed E-state index contributed by atoms with van der Waals surface area (Å²) in [6.07, 6.45) is 0. The second-order valence-electron chi connectivity index (χ2n) is 4.34. The fraction of sp³-hybridized carbons (Fsp3) is 0.200. The van der Waals surface area contributed by atoms with E-state index in [-0.39, 0.29) is 0 Å². The summed E-state index contributed by atoms with van der Waals surface area (Å²) in [5.41, 5.74) is 9.96. The lowest BCUT2D eigenvalue weighted by Gasteiger charge is -2.09. The summed E-state index contributed by atoms with van der Waals surface area (Å²) in [6.45, 7) is 2.78. The highest BCUT2D eigenvalue weighted by atomic mass is 16.5. The van der Waals surface area contributed by atoms with Crippen molar-refractivity contribution in [2.45, 2.75) is 13.5 Å². The van der Waals surface area contributed by atoms with Gasteiger partial charge in [-0.15, -0.1) is 0 Å². The molecular formula is C15H18N2O. The van der Waals surface area contributed by atoms with Crippen molar-refractivity contribution in [1.29, 1.82) is 0 Å². The second kappa shape index (κ2) is 5.45. The Hall–Kier alpha value is -2.16. The number of methoxy groups -OCH3 is 1. The van der Waals surface area contributed by atoms with E-state index >= 15 is 0 Å². The molecule has 0 fully saturated rings. The molecule has 0 heterocycles. The van der Waals surface area contributed by atoms with Crippen LogP contribution >= 0.6 is 0 Å². The zero-order chi connectivity index (χ0) is 13.0. The summed E-state index contributed by atoms with van der Waals surface area (Å²) in [5.74, 6) is 0.873. The summed E-state index contributed by atoms with van der Waals surface area (Å²) < 4.78 is 5.20. The highest BCUT2D eigenvalue weighted by molar-refractivity contribution is 5.56. The van der Waals surface area contributed by atoms with E-state index in [0.29, 0.717) is 0 Å². The Morgan fingerprint density at radius 1 is 1.17 bits per heavy atom. The number of nitrogens with one attached hydrogen (secondary N) is 1. The molecule has 0 aliphatic carbocycles. The molecule has 3 N–H and O–H groups in total. The van der Waals surface area contributed by atoms with E-state index in [1.54, 1.807) is 7.11 Å². The monoisotopic (exact) mass is 242 g/mol. The van der Waals surface area contributed by atoms with Crippen LogP contribution in [-0.4, -0.2) is 7.11 Å². The van der Waals surface area contributed by atoms with E-state index in [0.717, 1.165) is 29.2 Å². The molecular weight excluding hydrogens is 224 g/mol. The van der Waals surface area contributed by atoms with Crippen molar-refractivity contribution >= 4 is 11.4 Å². The van der Waals surface area contributed by atoms with Gasteiger partial charge in [0.2, 0.25) is 0 Å². The van der Waals surface area contributed by atoms with Crippen LogP contribution in [0, 0.1) is 6.92 Å². The fourth-order valence-corrected chi connectivity index (χ4v) is 1.90. The van der Waals surface area contributed by atoms with Gasteiger partial charge in [0.15, 0.2) is 0 Å². The molecule has 0 atom stereocenters. The van der Waals surface area contributed by atoms with Gasteiger partial charge >= 0.3 is 0 Å². The topological polar surface area (TPSA) is 47.3 Å². The molecule has 2 aromatic carbocycles. The predicted molar refractivity (Wildman–Crippen MR) is 75.9 cm³/mol. The van der Waals surface area contributed by atoms with Gasteiger partial charge in [0.1, 0.15) is 5.75 Å². The Labute approximate surface area is 108 Å². The SMILES string of the molecule is COc1cccc(CNc2cc(C)cc(N)c2)c1. The van der Waals surface area contributed by atoms with Gasteiger partial charge in [-0.2, -0.15) is 0 Å². The molecule has 0 aliphatic rings. The Morgan fingerprint density at radius 2 is 2.00 bits per heavy atom. The van der Waals surface area contributed by atoms with Gasteiger partial charge in [0.05, 0.1) is 7.11 Å². The van der Waals surface area contributed by atoms with Crippen molar-refractivity contribution < 1.29 is 4.74 Å². The van der Waals surface area contributed by atoms with Gasteiger partial charge in [0.25, 0.3) is 0 Å². The van der Waals surface area contributed by atoms with Crippen LogP contribution in [0.5, 0.6) is 5.75 Å². The number of benzene rings is 2. The maximum Gasteiger partial charge on any atom is 0.119 e. The minimum absolute atomic E-state index is 0.750. The Morgan fingerprint density at radius 3 is 2.72 bits per heavy atom. The summed E-state index contributed by atoms with van der Waals surface area (Å²) in [4.78, 5) is 0. The second-order valence-corrected chi connectivity index (χ2v) is 4.34. The van der Waals surface area contributed by atoms with E-state index in [9.17, 15) is 0 Å². The van der Waals surface area contributed by atoms with Crippen LogP contribution in [0.1, 0.15) is 11.1 Å². The molecule has 0 amide bonds. The smallest absolute Gasteiger partial charge is 0.119 e. The highest BCUT2D eigenvalue weighted by Crippen LogP contribution is 2.18. The predicted octanol–water partition coefficient (Wildman–Crippen LogP) is 3.20. The van der Waals surface area contributed by atoms with Gasteiger partial charge in [0, 0.05) is 17.9 Å². The van der Waals surface area contributed by atoms with Gasteiger partial charge in [-0.1, -0.05) is 12.1 Å². The Bertz CT molecular complexity index is 518. The molecule has 0 aliphatic heterocycles. The molecule has 3 heteroatoms. The van der Waals surface area contributed by atoms with E-state index in [1.807, 2.05) is 37.3 Å². The summed E-state index contributed by atoms with van der Waals surface area (Å²) in [5, 5.41) is 3.36. The number of rotatable bonds is 4. The third-order valence-corrected chi connectivity index (χ3v) is 2.73. The van der Waals surface area contributed by atoms with Gasteiger partial charge < -0.3 is 15.8 Å². The first kappa shape index (κ1) is 12.3. The summed E-state index contributed by atoms with van der Waals surface area (Å²) >= 11 is 0. The van der Waals surface area contributed by atoms with E-state index in [4.69, 9.17) is 10.5 Å². The number of anilines is 2. The number of nitrogens with two attached hydrogens (primary N) is 1. The zero-order valence-electron chi connectivity index (χ0n) is 10.7. The Balaban J connectivity index is 2.06. The molecule has 2 aromatic rings. The van der Waals surface area contributed by atoms with Crippen molar-refractivity contribution in [2.24, 2.45) is 0 Å². The molecule has 0 saturated carbocycles. The minimum atomic E-state index is 0.750. The number of aryl methyl sites for hydroxylation is 1. The van der Waals surface area contributed by atoms with Gasteiger partial charge in [-0.25, -0.2) is 0 Å². The number of hydrogen-bond donors (Lipinski definition) is 2. The molecule has 3 nitrogen and oxygen atoms in total. The van der Waals surface area contributed by atoms with Crippen molar-refractivity contribution in [3.63, 3.8) is 0 Å². The molecule has 2 rings (SSSR count). The first-order valence-corrected chi connectivity index (χ1v) is 5.91. The average molecular weight is 242 g/mol. The van der Waals surface area contributed by atoms with Gasteiger partial charge in [-0.05, 0) is 48.4 Å². The molecule has 0 radical (unpaired) electrons. The lowest BCUT2D eigenvalue weighted by Crippen LogP contribution is -2.00. The Kier molecular flexibility index (Phi) is 3.72. The molecule has 0 saturated heterocycles. The lowest BCUT2D eigenvalue weighted by atomic mass is 10.1. The third-order valence-electron chi connectivity index (χ3n) is 2.73. The van der Waals surface area contributed by atoms with Crippen molar-refractivity contribution in [3.8, 4) is 5.75 Å². The largest absolute Gasteiger partial charge is 0.497 e. The molecule has 94 valence electrons. The fourth-order valence-electron chi connectivity index (χ4n) is 1.90. The van der Waals surface area contributed by atoms with E-state index in [2.05, 4.69) is 17.4 Å². The number of ether oxygens (including phenoxy) is 1. The standard InChI is InChI=1S/C15H18N2O/c1-11-6-13(16)9-14(7-11)17-10-12-4-3-5-15(8-12)18-2/h3-9,17H,10,16H2,1-2H3. The van der Waals surface area contributed by atoms with Crippen LogP contribution in [0.2, 0.25) is 0 Å². The molecule has 0 aromatic heterocycles. The summed E-state index contributed by atoms with van der Waals surface area (Å²) in [7, 11) is 1.67. The van der Waals surface area contributed by atoms with Crippen LogP contribution in [0.3, 0.4) is 0 Å². The van der Waals surface area contributed by atoms with Crippen molar-refractivity contribution in [1.82, 2.24) is 0 Å². The van der Waals surface area contributed by atoms with Crippen LogP contribution in [0.15, 0.2) is 42.5 Å².